The second-order valence-electron chi connectivity index (χ2n) is 5.73. The van der Waals surface area contributed by atoms with Crippen LogP contribution >= 0.6 is 11.3 Å². The number of aryl methyl sites for hydroxylation is 2. The highest BCUT2D eigenvalue weighted by Crippen LogP contribution is 2.25. The minimum absolute atomic E-state index is 0.240. The van der Waals surface area contributed by atoms with Crippen molar-refractivity contribution in [3.05, 3.63) is 62.8 Å². The van der Waals surface area contributed by atoms with Crippen molar-refractivity contribution in [1.82, 2.24) is 9.55 Å². The molecule has 0 aliphatic carbocycles. The molecule has 0 aliphatic rings. The summed E-state index contributed by atoms with van der Waals surface area (Å²) in [6.45, 7) is 2.92. The summed E-state index contributed by atoms with van der Waals surface area (Å²) in [5, 5.41) is 0.491. The topological polar surface area (TPSA) is 78.3 Å². The number of benzene rings is 1. The number of ether oxygens (including phenoxy) is 1. The summed E-state index contributed by atoms with van der Waals surface area (Å²) in [5.41, 5.74) is 0.763. The highest BCUT2D eigenvalue weighted by molar-refractivity contribution is 7.18. The number of carbonyl (C=O) groups is 2. The van der Waals surface area contributed by atoms with E-state index in [0.29, 0.717) is 10.2 Å². The Labute approximate surface area is 151 Å². The standard InChI is InChI=1S/C18H15FN2O4S/c1-10-11(2)26-17-16(10)18(24)21(9-20-17)7-15(23)25-8-14(22)12-3-5-13(19)6-4-12/h3-6,9H,7-8H2,1-2H3. The molecule has 0 saturated carbocycles. The number of thiophene rings is 1. The van der Waals surface area contributed by atoms with Crippen LogP contribution in [0.15, 0.2) is 35.4 Å². The van der Waals surface area contributed by atoms with Gasteiger partial charge in [-0.05, 0) is 43.7 Å². The van der Waals surface area contributed by atoms with Gasteiger partial charge in [0.05, 0.1) is 11.7 Å². The molecule has 0 amide bonds. The smallest absolute Gasteiger partial charge is 0.326 e. The van der Waals surface area contributed by atoms with Crippen molar-refractivity contribution in [3.8, 4) is 0 Å². The summed E-state index contributed by atoms with van der Waals surface area (Å²) >= 11 is 1.42. The van der Waals surface area contributed by atoms with E-state index in [0.717, 1.165) is 27.1 Å². The number of Topliss-reactive ketones (excluding diaryl/α,β-unsaturated/α-hetero) is 1. The summed E-state index contributed by atoms with van der Waals surface area (Å²) in [5.74, 6) is -1.64. The Morgan fingerprint density at radius 3 is 2.62 bits per heavy atom. The van der Waals surface area contributed by atoms with Crippen LogP contribution in [0.25, 0.3) is 10.2 Å². The number of ketones is 1. The zero-order chi connectivity index (χ0) is 18.8. The fourth-order valence-corrected chi connectivity index (χ4v) is 3.42. The van der Waals surface area contributed by atoms with E-state index in [9.17, 15) is 18.8 Å². The molecule has 0 spiro atoms. The Morgan fingerprint density at radius 1 is 1.23 bits per heavy atom. The fraction of sp³-hybridized carbons (Fsp3) is 0.222. The number of halogens is 1. The number of fused-ring (bicyclic) bond motifs is 1. The summed E-state index contributed by atoms with van der Waals surface area (Å²) in [6, 6.07) is 4.94. The van der Waals surface area contributed by atoms with Crippen molar-refractivity contribution in [2.75, 3.05) is 6.61 Å². The Morgan fingerprint density at radius 2 is 1.92 bits per heavy atom. The number of rotatable bonds is 5. The van der Waals surface area contributed by atoms with E-state index in [2.05, 4.69) is 4.98 Å². The fourth-order valence-electron chi connectivity index (χ4n) is 2.43. The quantitative estimate of drug-likeness (QED) is 0.507. The van der Waals surface area contributed by atoms with Crippen LogP contribution in [-0.4, -0.2) is 27.9 Å². The summed E-state index contributed by atoms with van der Waals surface area (Å²) < 4.78 is 18.9. The molecular formula is C18H15FN2O4S. The molecule has 1 aromatic carbocycles. The van der Waals surface area contributed by atoms with Crippen LogP contribution in [0.2, 0.25) is 0 Å². The van der Waals surface area contributed by atoms with Gasteiger partial charge in [-0.3, -0.25) is 19.0 Å². The normalized spacial score (nSPS) is 10.9. The largest absolute Gasteiger partial charge is 0.456 e. The second-order valence-corrected chi connectivity index (χ2v) is 6.93. The van der Waals surface area contributed by atoms with Gasteiger partial charge in [-0.15, -0.1) is 11.3 Å². The van der Waals surface area contributed by atoms with E-state index in [4.69, 9.17) is 4.74 Å². The van der Waals surface area contributed by atoms with Crippen molar-refractivity contribution in [2.45, 2.75) is 20.4 Å². The number of nitrogens with zero attached hydrogens (tertiary/aromatic N) is 2. The predicted octanol–water partition coefficient (Wildman–Crippen LogP) is 2.64. The molecule has 2 heterocycles. The van der Waals surface area contributed by atoms with Crippen LogP contribution in [0.5, 0.6) is 0 Å². The average Bonchev–Trinajstić information content (AvgIpc) is 2.91. The highest BCUT2D eigenvalue weighted by Gasteiger charge is 2.15. The molecule has 3 aromatic rings. The monoisotopic (exact) mass is 374 g/mol. The Hall–Kier alpha value is -2.87. The predicted molar refractivity (Wildman–Crippen MR) is 95.0 cm³/mol. The maximum Gasteiger partial charge on any atom is 0.326 e. The maximum atomic E-state index is 12.9. The Balaban J connectivity index is 1.68. The van der Waals surface area contributed by atoms with Crippen LogP contribution in [0.1, 0.15) is 20.8 Å². The Bertz CT molecular complexity index is 1050. The first-order chi connectivity index (χ1) is 12.4. The van der Waals surface area contributed by atoms with Crippen LogP contribution < -0.4 is 5.56 Å². The lowest BCUT2D eigenvalue weighted by molar-refractivity contribution is -0.143. The van der Waals surface area contributed by atoms with Gasteiger partial charge in [0.15, 0.2) is 12.4 Å². The molecule has 2 aromatic heterocycles. The lowest BCUT2D eigenvalue weighted by Crippen LogP contribution is -2.26. The van der Waals surface area contributed by atoms with Gasteiger partial charge in [0.1, 0.15) is 17.2 Å². The van der Waals surface area contributed by atoms with E-state index in [1.165, 1.54) is 29.8 Å². The SMILES string of the molecule is Cc1sc2ncn(CC(=O)OCC(=O)c3ccc(F)cc3)c(=O)c2c1C. The van der Waals surface area contributed by atoms with Crippen LogP contribution in [0.3, 0.4) is 0 Å². The first-order valence-electron chi connectivity index (χ1n) is 7.76. The van der Waals surface area contributed by atoms with Gasteiger partial charge in [0, 0.05) is 10.4 Å². The first kappa shape index (κ1) is 17.9. The molecule has 0 fully saturated rings. The summed E-state index contributed by atoms with van der Waals surface area (Å²) in [7, 11) is 0. The molecule has 134 valence electrons. The zero-order valence-corrected chi connectivity index (χ0v) is 14.9. The molecule has 26 heavy (non-hydrogen) atoms. The van der Waals surface area contributed by atoms with E-state index in [1.807, 2.05) is 13.8 Å². The molecule has 6 nitrogen and oxygen atoms in total. The lowest BCUT2D eigenvalue weighted by atomic mass is 10.1. The van der Waals surface area contributed by atoms with Crippen LogP contribution in [0.4, 0.5) is 4.39 Å². The molecule has 0 N–H and O–H groups in total. The number of hydrogen-bond acceptors (Lipinski definition) is 6. The van der Waals surface area contributed by atoms with Crippen molar-refractivity contribution >= 4 is 33.3 Å². The molecule has 0 saturated heterocycles. The minimum atomic E-state index is -0.728. The summed E-state index contributed by atoms with van der Waals surface area (Å²) in [6.07, 6.45) is 1.29. The van der Waals surface area contributed by atoms with Crippen molar-refractivity contribution in [1.29, 1.82) is 0 Å². The maximum absolute atomic E-state index is 12.9. The summed E-state index contributed by atoms with van der Waals surface area (Å²) in [4.78, 5) is 42.2. The van der Waals surface area contributed by atoms with E-state index in [1.54, 1.807) is 0 Å². The Kier molecular flexibility index (Phi) is 4.94. The first-order valence-corrected chi connectivity index (χ1v) is 8.58. The van der Waals surface area contributed by atoms with E-state index < -0.39 is 24.2 Å². The second kappa shape index (κ2) is 7.17. The molecular weight excluding hydrogens is 359 g/mol. The zero-order valence-electron chi connectivity index (χ0n) is 14.1. The van der Waals surface area contributed by atoms with Gasteiger partial charge in [0.25, 0.3) is 5.56 Å². The molecule has 0 atom stereocenters. The average molecular weight is 374 g/mol. The van der Waals surface area contributed by atoms with Crippen LogP contribution in [-0.2, 0) is 16.1 Å². The van der Waals surface area contributed by atoms with E-state index >= 15 is 0 Å². The molecule has 0 radical (unpaired) electrons. The number of carbonyl (C=O) groups excluding carboxylic acids is 2. The molecule has 8 heteroatoms. The van der Waals surface area contributed by atoms with Crippen molar-refractivity contribution in [2.24, 2.45) is 0 Å². The minimum Gasteiger partial charge on any atom is -0.456 e. The number of esters is 1. The molecule has 3 rings (SSSR count). The lowest BCUT2D eigenvalue weighted by Gasteiger charge is -2.07. The molecule has 0 aliphatic heterocycles. The number of hydrogen-bond donors (Lipinski definition) is 0. The van der Waals surface area contributed by atoms with Gasteiger partial charge in [-0.1, -0.05) is 0 Å². The van der Waals surface area contributed by atoms with Gasteiger partial charge in [-0.2, -0.15) is 0 Å². The highest BCUT2D eigenvalue weighted by atomic mass is 32.1. The molecule has 0 unspecified atom stereocenters. The van der Waals surface area contributed by atoms with Crippen molar-refractivity contribution in [3.63, 3.8) is 0 Å². The van der Waals surface area contributed by atoms with Crippen molar-refractivity contribution < 1.29 is 18.7 Å². The third-order valence-electron chi connectivity index (χ3n) is 3.99. The van der Waals surface area contributed by atoms with Gasteiger partial charge >= 0.3 is 5.97 Å². The number of aromatic nitrogens is 2. The third-order valence-corrected chi connectivity index (χ3v) is 5.10. The molecule has 0 bridgehead atoms. The third kappa shape index (κ3) is 3.55. The van der Waals surface area contributed by atoms with Gasteiger partial charge in [-0.25, -0.2) is 9.37 Å². The van der Waals surface area contributed by atoms with Gasteiger partial charge in [0.2, 0.25) is 0 Å². The van der Waals surface area contributed by atoms with Gasteiger partial charge < -0.3 is 4.74 Å². The van der Waals surface area contributed by atoms with Crippen LogP contribution in [0, 0.1) is 19.7 Å². The van der Waals surface area contributed by atoms with E-state index in [-0.39, 0.29) is 17.7 Å².